The minimum atomic E-state index is -1.02. The van der Waals surface area contributed by atoms with Gasteiger partial charge in [-0.2, -0.15) is 0 Å². The lowest BCUT2D eigenvalue weighted by Crippen LogP contribution is -2.42. The molecule has 1 aliphatic heterocycles. The van der Waals surface area contributed by atoms with E-state index in [0.717, 1.165) is 4.90 Å². The molecule has 2 rings (SSSR count). The number of hydrogen-bond acceptors (Lipinski definition) is 6. The molecule has 1 unspecified atom stereocenters. The van der Waals surface area contributed by atoms with Crippen LogP contribution in [0.15, 0.2) is 17.0 Å². The number of rotatable bonds is 4. The number of aromatic hydroxyl groups is 1. The Morgan fingerprint density at radius 1 is 1.38 bits per heavy atom. The molecule has 0 spiro atoms. The van der Waals surface area contributed by atoms with E-state index in [9.17, 15) is 19.5 Å². The Morgan fingerprint density at radius 2 is 1.96 bits per heavy atom. The number of esters is 1. The number of benzene rings is 1. The molecular formula is C15H13Cl2NO5S. The largest absolute Gasteiger partial charge is 0.505 e. The van der Waals surface area contributed by atoms with Crippen molar-refractivity contribution >= 4 is 58.2 Å². The fourth-order valence-electron chi connectivity index (χ4n) is 2.00. The maximum atomic E-state index is 12.4. The predicted octanol–water partition coefficient (Wildman–Crippen LogP) is 3.69. The van der Waals surface area contributed by atoms with E-state index in [0.29, 0.717) is 17.3 Å². The van der Waals surface area contributed by atoms with Gasteiger partial charge in [0.2, 0.25) is 0 Å². The Kier molecular flexibility index (Phi) is 5.79. The topological polar surface area (TPSA) is 83.9 Å². The third-order valence-corrected chi connectivity index (χ3v) is 4.64. The van der Waals surface area contributed by atoms with Gasteiger partial charge in [-0.05, 0) is 49.4 Å². The highest BCUT2D eigenvalue weighted by Gasteiger charge is 2.41. The summed E-state index contributed by atoms with van der Waals surface area (Å²) in [4.78, 5) is 37.2. The van der Waals surface area contributed by atoms with Crippen molar-refractivity contribution in [1.29, 1.82) is 0 Å². The van der Waals surface area contributed by atoms with Crippen molar-refractivity contribution in [1.82, 2.24) is 4.90 Å². The van der Waals surface area contributed by atoms with E-state index < -0.39 is 23.2 Å². The third-order valence-electron chi connectivity index (χ3n) is 3.18. The molecule has 0 bridgehead atoms. The molecule has 1 atom stereocenters. The fraction of sp³-hybridized carbons (Fsp3) is 0.267. The molecule has 0 saturated carbocycles. The number of hydrogen-bond donors (Lipinski definition) is 1. The van der Waals surface area contributed by atoms with Crippen LogP contribution in [-0.2, 0) is 14.3 Å². The number of amides is 2. The zero-order valence-corrected chi connectivity index (χ0v) is 15.0. The molecule has 9 heteroatoms. The number of carbonyl (C=O) groups excluding carboxylic acids is 3. The molecule has 0 aromatic heterocycles. The number of imide groups is 1. The van der Waals surface area contributed by atoms with Gasteiger partial charge in [-0.15, -0.1) is 0 Å². The van der Waals surface area contributed by atoms with Gasteiger partial charge in [0.1, 0.15) is 6.04 Å². The number of phenols is 1. The number of carbonyl (C=O) groups is 3. The van der Waals surface area contributed by atoms with Crippen molar-refractivity contribution in [3.05, 3.63) is 32.6 Å². The number of ether oxygens (including phenoxy) is 1. The molecule has 0 aliphatic carbocycles. The summed E-state index contributed by atoms with van der Waals surface area (Å²) >= 11 is 12.4. The molecule has 1 N–H and O–H groups in total. The Hall–Kier alpha value is -1.70. The summed E-state index contributed by atoms with van der Waals surface area (Å²) < 4.78 is 4.83. The van der Waals surface area contributed by atoms with Gasteiger partial charge in [0.15, 0.2) is 5.75 Å². The van der Waals surface area contributed by atoms with E-state index in [4.69, 9.17) is 27.9 Å². The van der Waals surface area contributed by atoms with Crippen LogP contribution in [0.2, 0.25) is 10.0 Å². The Labute approximate surface area is 152 Å². The van der Waals surface area contributed by atoms with Crippen molar-refractivity contribution in [3.8, 4) is 5.75 Å². The van der Waals surface area contributed by atoms with E-state index in [-0.39, 0.29) is 27.3 Å². The van der Waals surface area contributed by atoms with E-state index >= 15 is 0 Å². The zero-order valence-electron chi connectivity index (χ0n) is 12.7. The summed E-state index contributed by atoms with van der Waals surface area (Å²) in [5, 5.41) is 9.02. The summed E-state index contributed by atoms with van der Waals surface area (Å²) in [7, 11) is 0. The summed E-state index contributed by atoms with van der Waals surface area (Å²) in [6, 6.07) is 1.80. The second-order valence-electron chi connectivity index (χ2n) is 4.81. The second-order valence-corrected chi connectivity index (χ2v) is 6.62. The normalized spacial score (nSPS) is 17.5. The minimum Gasteiger partial charge on any atom is -0.505 e. The van der Waals surface area contributed by atoms with Gasteiger partial charge in [-0.3, -0.25) is 14.5 Å². The smallest absolute Gasteiger partial charge is 0.329 e. The van der Waals surface area contributed by atoms with Crippen molar-refractivity contribution in [3.63, 3.8) is 0 Å². The van der Waals surface area contributed by atoms with Gasteiger partial charge in [-0.1, -0.05) is 23.2 Å². The fourth-order valence-corrected chi connectivity index (χ4v) is 3.41. The van der Waals surface area contributed by atoms with Gasteiger partial charge in [0.05, 0.1) is 21.6 Å². The zero-order chi connectivity index (χ0) is 18.0. The van der Waals surface area contributed by atoms with Crippen LogP contribution in [0.3, 0.4) is 0 Å². The average molecular weight is 390 g/mol. The standard InChI is InChI=1S/C15H13Cl2NO5S/c1-3-23-14(21)7(2)18-13(20)11(24-15(18)22)6-8-4-9(16)12(19)10(17)5-8/h4-7,19H,3H2,1-2H3/b11-6-. The molecule has 24 heavy (non-hydrogen) atoms. The van der Waals surface area contributed by atoms with Gasteiger partial charge >= 0.3 is 5.97 Å². The lowest BCUT2D eigenvalue weighted by molar-refractivity contribution is -0.150. The van der Waals surface area contributed by atoms with E-state index in [1.807, 2.05) is 0 Å². The van der Waals surface area contributed by atoms with Crippen LogP contribution < -0.4 is 0 Å². The summed E-state index contributed by atoms with van der Waals surface area (Å²) in [5.74, 6) is -1.53. The van der Waals surface area contributed by atoms with Crippen LogP contribution in [0.4, 0.5) is 4.79 Å². The van der Waals surface area contributed by atoms with E-state index in [1.54, 1.807) is 6.92 Å². The monoisotopic (exact) mass is 389 g/mol. The Balaban J connectivity index is 2.30. The second kappa shape index (κ2) is 7.46. The van der Waals surface area contributed by atoms with Crippen LogP contribution >= 0.6 is 35.0 Å². The molecule has 1 heterocycles. The third kappa shape index (κ3) is 3.68. The summed E-state index contributed by atoms with van der Waals surface area (Å²) in [6.07, 6.45) is 1.42. The molecule has 1 aromatic rings. The van der Waals surface area contributed by atoms with Crippen LogP contribution in [0.25, 0.3) is 6.08 Å². The predicted molar refractivity (Wildman–Crippen MR) is 92.0 cm³/mol. The van der Waals surface area contributed by atoms with E-state index in [2.05, 4.69) is 0 Å². The molecule has 1 fully saturated rings. The molecule has 6 nitrogen and oxygen atoms in total. The highest BCUT2D eigenvalue weighted by atomic mass is 35.5. The van der Waals surface area contributed by atoms with Crippen LogP contribution in [0.1, 0.15) is 19.4 Å². The average Bonchev–Trinajstić information content (AvgIpc) is 2.78. The minimum absolute atomic E-state index is 0.0212. The molecule has 1 saturated heterocycles. The number of halogens is 2. The van der Waals surface area contributed by atoms with Gasteiger partial charge in [0, 0.05) is 0 Å². The summed E-state index contributed by atoms with van der Waals surface area (Å²) in [5.41, 5.74) is 0.442. The first-order chi connectivity index (χ1) is 11.3. The molecule has 1 aliphatic rings. The van der Waals surface area contributed by atoms with Crippen LogP contribution in [0, 0.1) is 0 Å². The van der Waals surface area contributed by atoms with Crippen LogP contribution in [0.5, 0.6) is 5.75 Å². The first-order valence-corrected chi connectivity index (χ1v) is 8.45. The molecule has 128 valence electrons. The number of nitrogens with zero attached hydrogens (tertiary/aromatic N) is 1. The number of thioether (sulfide) groups is 1. The maximum Gasteiger partial charge on any atom is 0.329 e. The first kappa shape index (κ1) is 18.6. The van der Waals surface area contributed by atoms with Crippen molar-refractivity contribution in [2.24, 2.45) is 0 Å². The van der Waals surface area contributed by atoms with Gasteiger partial charge in [-0.25, -0.2) is 4.79 Å². The van der Waals surface area contributed by atoms with Crippen molar-refractivity contribution < 1.29 is 24.2 Å². The maximum absolute atomic E-state index is 12.4. The quantitative estimate of drug-likeness (QED) is 0.624. The van der Waals surface area contributed by atoms with E-state index in [1.165, 1.54) is 25.1 Å². The summed E-state index contributed by atoms with van der Waals surface area (Å²) in [6.45, 7) is 3.21. The van der Waals surface area contributed by atoms with Crippen LogP contribution in [-0.4, -0.2) is 39.8 Å². The lowest BCUT2D eigenvalue weighted by atomic mass is 10.2. The highest BCUT2D eigenvalue weighted by Crippen LogP contribution is 2.37. The highest BCUT2D eigenvalue weighted by molar-refractivity contribution is 8.18. The van der Waals surface area contributed by atoms with Gasteiger partial charge in [0.25, 0.3) is 11.1 Å². The van der Waals surface area contributed by atoms with Crippen molar-refractivity contribution in [2.75, 3.05) is 6.61 Å². The van der Waals surface area contributed by atoms with Gasteiger partial charge < -0.3 is 9.84 Å². The molecule has 0 radical (unpaired) electrons. The molecule has 1 aromatic carbocycles. The first-order valence-electron chi connectivity index (χ1n) is 6.88. The number of phenolic OH excluding ortho intramolecular Hbond substituents is 1. The SMILES string of the molecule is CCOC(=O)C(C)N1C(=O)S/C(=C\c2cc(Cl)c(O)c(Cl)c2)C1=O. The van der Waals surface area contributed by atoms with Crippen molar-refractivity contribution in [2.45, 2.75) is 19.9 Å². The molecular weight excluding hydrogens is 377 g/mol. The lowest BCUT2D eigenvalue weighted by Gasteiger charge is -2.19. The Morgan fingerprint density at radius 3 is 2.50 bits per heavy atom. The Bertz CT molecular complexity index is 726. The molecule has 2 amide bonds.